The fourth-order valence-corrected chi connectivity index (χ4v) is 2.67. The van der Waals surface area contributed by atoms with Gasteiger partial charge in [0.2, 0.25) is 5.91 Å². The summed E-state index contributed by atoms with van der Waals surface area (Å²) in [5.74, 6) is -1.98. The van der Waals surface area contributed by atoms with E-state index in [1.54, 1.807) is 0 Å². The SMILES string of the molecule is O=C(Nc1ccc(NC(=O)C2CC2)cc1C(F)(F)F)c1ccccc1C(F)(F)F. The summed E-state index contributed by atoms with van der Waals surface area (Å²) < 4.78 is 79.4. The van der Waals surface area contributed by atoms with Crippen molar-refractivity contribution in [3.63, 3.8) is 0 Å². The van der Waals surface area contributed by atoms with Crippen LogP contribution in [0.15, 0.2) is 42.5 Å². The lowest BCUT2D eigenvalue weighted by atomic mass is 10.1. The number of alkyl halides is 6. The van der Waals surface area contributed by atoms with Gasteiger partial charge < -0.3 is 10.6 Å². The molecule has 10 heteroatoms. The Balaban J connectivity index is 1.90. The maximum Gasteiger partial charge on any atom is 0.418 e. The summed E-state index contributed by atoms with van der Waals surface area (Å²) in [6, 6.07) is 6.43. The highest BCUT2D eigenvalue weighted by Crippen LogP contribution is 2.38. The van der Waals surface area contributed by atoms with E-state index in [9.17, 15) is 35.9 Å². The smallest absolute Gasteiger partial charge is 0.326 e. The lowest BCUT2D eigenvalue weighted by Crippen LogP contribution is -2.21. The fourth-order valence-electron chi connectivity index (χ4n) is 2.67. The van der Waals surface area contributed by atoms with Crippen LogP contribution < -0.4 is 10.6 Å². The Labute approximate surface area is 160 Å². The minimum Gasteiger partial charge on any atom is -0.326 e. The summed E-state index contributed by atoms with van der Waals surface area (Å²) in [5.41, 5.74) is -4.20. The highest BCUT2D eigenvalue weighted by molar-refractivity contribution is 6.06. The predicted molar refractivity (Wildman–Crippen MR) is 92.2 cm³/mol. The summed E-state index contributed by atoms with van der Waals surface area (Å²) in [6.45, 7) is 0. The number of rotatable bonds is 4. The largest absolute Gasteiger partial charge is 0.418 e. The number of amides is 2. The van der Waals surface area contributed by atoms with Crippen molar-refractivity contribution in [3.8, 4) is 0 Å². The highest BCUT2D eigenvalue weighted by atomic mass is 19.4. The van der Waals surface area contributed by atoms with Crippen LogP contribution in [0.4, 0.5) is 37.7 Å². The average Bonchev–Trinajstić information content (AvgIpc) is 3.46. The lowest BCUT2D eigenvalue weighted by Gasteiger charge is -2.17. The first-order valence-corrected chi connectivity index (χ1v) is 8.46. The summed E-state index contributed by atoms with van der Waals surface area (Å²) >= 11 is 0. The van der Waals surface area contributed by atoms with Gasteiger partial charge in [-0.05, 0) is 43.2 Å². The van der Waals surface area contributed by atoms with Crippen LogP contribution >= 0.6 is 0 Å². The van der Waals surface area contributed by atoms with Crippen LogP contribution in [-0.4, -0.2) is 11.8 Å². The quantitative estimate of drug-likeness (QED) is 0.663. The van der Waals surface area contributed by atoms with Crippen LogP contribution in [0.2, 0.25) is 0 Å². The molecule has 1 aliphatic carbocycles. The Hall–Kier alpha value is -3.04. The number of anilines is 2. The first kappa shape index (κ1) is 20.7. The van der Waals surface area contributed by atoms with E-state index >= 15 is 0 Å². The minimum atomic E-state index is -4.91. The van der Waals surface area contributed by atoms with Crippen molar-refractivity contribution in [2.45, 2.75) is 25.2 Å². The highest BCUT2D eigenvalue weighted by Gasteiger charge is 2.37. The Morgan fingerprint density at radius 3 is 2.03 bits per heavy atom. The maximum absolute atomic E-state index is 13.4. The summed E-state index contributed by atoms with van der Waals surface area (Å²) in [7, 11) is 0. The predicted octanol–water partition coefficient (Wildman–Crippen LogP) is 5.33. The molecule has 0 atom stereocenters. The Bertz CT molecular complexity index is 948. The summed E-state index contributed by atoms with van der Waals surface area (Å²) in [6.07, 6.45) is -8.44. The van der Waals surface area contributed by atoms with Crippen molar-refractivity contribution in [1.29, 1.82) is 0 Å². The molecule has 0 aromatic heterocycles. The monoisotopic (exact) mass is 416 g/mol. The van der Waals surface area contributed by atoms with Gasteiger partial charge in [0.05, 0.1) is 22.4 Å². The first-order valence-electron chi connectivity index (χ1n) is 8.46. The van der Waals surface area contributed by atoms with Gasteiger partial charge in [-0.1, -0.05) is 12.1 Å². The molecule has 0 aliphatic heterocycles. The van der Waals surface area contributed by atoms with E-state index in [-0.39, 0.29) is 11.6 Å². The third-order valence-corrected chi connectivity index (χ3v) is 4.27. The second-order valence-corrected chi connectivity index (χ2v) is 6.52. The molecule has 1 fully saturated rings. The minimum absolute atomic E-state index is 0.122. The first-order chi connectivity index (χ1) is 13.5. The molecule has 1 aliphatic rings. The Kier molecular flexibility index (Phi) is 5.29. The van der Waals surface area contributed by atoms with E-state index in [0.29, 0.717) is 25.0 Å². The Morgan fingerprint density at radius 2 is 1.45 bits per heavy atom. The van der Waals surface area contributed by atoms with Crippen LogP contribution in [0.25, 0.3) is 0 Å². The van der Waals surface area contributed by atoms with E-state index in [4.69, 9.17) is 0 Å². The van der Waals surface area contributed by atoms with E-state index in [2.05, 4.69) is 5.32 Å². The van der Waals surface area contributed by atoms with Crippen LogP contribution in [0.1, 0.15) is 34.3 Å². The molecule has 1 saturated carbocycles. The van der Waals surface area contributed by atoms with Gasteiger partial charge in [0.25, 0.3) is 5.91 Å². The summed E-state index contributed by atoms with van der Waals surface area (Å²) in [5, 5.41) is 4.25. The average molecular weight is 416 g/mol. The van der Waals surface area contributed by atoms with Gasteiger partial charge in [-0.2, -0.15) is 26.3 Å². The fraction of sp³-hybridized carbons (Fsp3) is 0.263. The van der Waals surface area contributed by atoms with Crippen molar-refractivity contribution in [3.05, 3.63) is 59.2 Å². The van der Waals surface area contributed by atoms with Gasteiger partial charge in [0.15, 0.2) is 0 Å². The molecule has 2 aromatic rings. The molecule has 0 radical (unpaired) electrons. The summed E-state index contributed by atoms with van der Waals surface area (Å²) in [4.78, 5) is 24.0. The normalized spacial score (nSPS) is 14.4. The van der Waals surface area contributed by atoms with Gasteiger partial charge in [0, 0.05) is 11.6 Å². The molecule has 0 saturated heterocycles. The van der Waals surface area contributed by atoms with E-state index in [1.165, 1.54) is 6.07 Å². The Morgan fingerprint density at radius 1 is 0.828 bits per heavy atom. The standard InChI is InChI=1S/C19H14F6N2O2/c20-18(21,22)13-4-2-1-3-12(13)17(29)27-15-8-7-11(9-14(15)19(23,24)25)26-16(28)10-5-6-10/h1-4,7-10H,5-6H2,(H,26,28)(H,27,29). The molecule has 154 valence electrons. The zero-order chi connectivity index (χ0) is 21.4. The molecule has 0 spiro atoms. The van der Waals surface area contributed by atoms with Crippen molar-refractivity contribution in [2.24, 2.45) is 5.92 Å². The van der Waals surface area contributed by atoms with E-state index < -0.39 is 46.5 Å². The molecule has 2 aromatic carbocycles. The number of carbonyl (C=O) groups excluding carboxylic acids is 2. The lowest BCUT2D eigenvalue weighted by molar-refractivity contribution is -0.138. The molecular weight excluding hydrogens is 402 g/mol. The van der Waals surface area contributed by atoms with E-state index in [0.717, 1.165) is 24.3 Å². The molecule has 4 nitrogen and oxygen atoms in total. The topological polar surface area (TPSA) is 58.2 Å². The van der Waals surface area contributed by atoms with Gasteiger partial charge in [-0.3, -0.25) is 9.59 Å². The molecule has 0 bridgehead atoms. The van der Waals surface area contributed by atoms with Crippen LogP contribution in [0.3, 0.4) is 0 Å². The molecule has 2 amide bonds. The molecule has 29 heavy (non-hydrogen) atoms. The maximum atomic E-state index is 13.4. The van der Waals surface area contributed by atoms with Gasteiger partial charge in [0.1, 0.15) is 0 Å². The van der Waals surface area contributed by atoms with Crippen molar-refractivity contribution >= 4 is 23.2 Å². The number of benzene rings is 2. The third kappa shape index (κ3) is 4.87. The molecule has 0 unspecified atom stereocenters. The van der Waals surface area contributed by atoms with Crippen LogP contribution in [0.5, 0.6) is 0 Å². The van der Waals surface area contributed by atoms with E-state index in [1.807, 2.05) is 5.32 Å². The second-order valence-electron chi connectivity index (χ2n) is 6.52. The number of halogens is 6. The number of carbonyl (C=O) groups is 2. The van der Waals surface area contributed by atoms with Crippen LogP contribution in [-0.2, 0) is 17.1 Å². The zero-order valence-corrected chi connectivity index (χ0v) is 14.6. The van der Waals surface area contributed by atoms with Crippen molar-refractivity contribution in [2.75, 3.05) is 10.6 Å². The van der Waals surface area contributed by atoms with Crippen molar-refractivity contribution < 1.29 is 35.9 Å². The zero-order valence-electron chi connectivity index (χ0n) is 14.6. The van der Waals surface area contributed by atoms with Crippen molar-refractivity contribution in [1.82, 2.24) is 0 Å². The second kappa shape index (κ2) is 7.41. The molecule has 0 heterocycles. The van der Waals surface area contributed by atoms with Gasteiger partial charge in [-0.25, -0.2) is 0 Å². The molecular formula is C19H14F6N2O2. The van der Waals surface area contributed by atoms with Gasteiger partial charge in [-0.15, -0.1) is 0 Å². The number of hydrogen-bond acceptors (Lipinski definition) is 2. The number of nitrogens with one attached hydrogen (secondary N) is 2. The van der Waals surface area contributed by atoms with Crippen LogP contribution in [0, 0.1) is 5.92 Å². The van der Waals surface area contributed by atoms with Gasteiger partial charge >= 0.3 is 12.4 Å². The third-order valence-electron chi connectivity index (χ3n) is 4.27. The number of hydrogen-bond donors (Lipinski definition) is 2. The molecule has 2 N–H and O–H groups in total. The molecule has 3 rings (SSSR count).